The van der Waals surface area contributed by atoms with Crippen molar-refractivity contribution in [3.05, 3.63) is 58.1 Å². The highest BCUT2D eigenvalue weighted by atomic mass is 35.5. The summed E-state index contributed by atoms with van der Waals surface area (Å²) in [6.07, 6.45) is 10.7. The molecule has 1 N–H and O–H groups in total. The molecule has 0 aromatic rings. The van der Waals surface area contributed by atoms with Crippen molar-refractivity contribution in [1.82, 2.24) is 0 Å². The number of hydrogen-bond acceptors (Lipinski definition) is 5. The van der Waals surface area contributed by atoms with E-state index < -0.39 is 17.5 Å². The third-order valence-electron chi connectivity index (χ3n) is 6.44. The van der Waals surface area contributed by atoms with Gasteiger partial charge in [-0.05, 0) is 38.8 Å². The number of Topliss-reactive ketones (excluding diaryl/α,β-unsaturated/α-hetero) is 1. The quantitative estimate of drug-likeness (QED) is 0.534. The first-order valence-corrected chi connectivity index (χ1v) is 11.3. The predicted octanol–water partition coefficient (Wildman–Crippen LogP) is 5.32. The summed E-state index contributed by atoms with van der Waals surface area (Å²) in [6.45, 7) is 9.81. The molecule has 0 spiro atoms. The number of methoxy groups -OCH3 is 1. The number of rotatable bonds is 7. The number of fused-ring (bicyclic) bond motifs is 3. The van der Waals surface area contributed by atoms with Gasteiger partial charge in [-0.1, -0.05) is 49.6 Å². The highest BCUT2D eigenvalue weighted by Crippen LogP contribution is 2.55. The second kappa shape index (κ2) is 9.07. The van der Waals surface area contributed by atoms with Gasteiger partial charge in [0.15, 0.2) is 5.79 Å². The molecule has 0 saturated carbocycles. The standard InChI is InChI=1S/C25H33ClO5/c1-7-15(2)10-16(3)8-9-18-11-19-20(14-30-18)21-13-25(29-6,12-17(4)27)31-24(21,5)23(28)22(19)26/h8-11,14-15,17,21,27H,7,12-13H2,1-6H3/b9-8+,16-10+/t15?,17?,21-,24-,25?/m0/s1. The van der Waals surface area contributed by atoms with Gasteiger partial charge >= 0.3 is 0 Å². The van der Waals surface area contributed by atoms with Crippen LogP contribution in [-0.2, 0) is 19.0 Å². The van der Waals surface area contributed by atoms with Crippen LogP contribution < -0.4 is 0 Å². The monoisotopic (exact) mass is 448 g/mol. The van der Waals surface area contributed by atoms with E-state index in [4.69, 9.17) is 25.8 Å². The van der Waals surface area contributed by atoms with E-state index in [2.05, 4.69) is 26.8 Å². The molecule has 2 aliphatic heterocycles. The Bertz CT molecular complexity index is 894. The smallest absolute Gasteiger partial charge is 0.207 e. The van der Waals surface area contributed by atoms with Crippen molar-refractivity contribution in [2.45, 2.75) is 71.4 Å². The summed E-state index contributed by atoms with van der Waals surface area (Å²) in [5, 5.41) is 10.1. The average Bonchev–Trinajstić information content (AvgIpc) is 3.03. The lowest BCUT2D eigenvalue weighted by atomic mass is 9.71. The van der Waals surface area contributed by atoms with Gasteiger partial charge in [-0.25, -0.2) is 0 Å². The van der Waals surface area contributed by atoms with Gasteiger partial charge in [-0.15, -0.1) is 0 Å². The molecule has 3 aliphatic rings. The highest BCUT2D eigenvalue weighted by Gasteiger charge is 2.62. The van der Waals surface area contributed by atoms with Crippen LogP contribution in [0.25, 0.3) is 0 Å². The summed E-state index contributed by atoms with van der Waals surface area (Å²) in [5.41, 5.74) is 1.46. The molecule has 0 bridgehead atoms. The topological polar surface area (TPSA) is 65.0 Å². The Hall–Kier alpha value is -1.66. The zero-order valence-electron chi connectivity index (χ0n) is 19.2. The second-order valence-electron chi connectivity index (χ2n) is 9.06. The van der Waals surface area contributed by atoms with Gasteiger partial charge in [0, 0.05) is 37.0 Å². The SMILES string of the molecule is CCC(C)/C=C(C)/C=C/C1=CC2=C(Cl)C(=O)[C@@]3(C)OC(CC(C)O)(OC)C[C@H]3C2=CO1. The van der Waals surface area contributed by atoms with Crippen LogP contribution in [0.15, 0.2) is 58.1 Å². The Balaban J connectivity index is 1.91. The van der Waals surface area contributed by atoms with Crippen molar-refractivity contribution < 1.29 is 24.1 Å². The molecule has 1 saturated heterocycles. The molecule has 0 aromatic carbocycles. The van der Waals surface area contributed by atoms with Crippen molar-refractivity contribution >= 4 is 17.4 Å². The first-order chi connectivity index (χ1) is 14.5. The number of halogens is 1. The van der Waals surface area contributed by atoms with Crippen molar-refractivity contribution in [1.29, 1.82) is 0 Å². The number of aliphatic hydroxyl groups is 1. The minimum atomic E-state index is -1.17. The molecule has 170 valence electrons. The van der Waals surface area contributed by atoms with E-state index in [0.29, 0.717) is 23.7 Å². The molecule has 0 aromatic heterocycles. The Kier molecular flexibility index (Phi) is 7.02. The molecular formula is C25H33ClO5. The summed E-state index contributed by atoms with van der Waals surface area (Å²) in [7, 11) is 1.54. The minimum absolute atomic E-state index is 0.134. The Morgan fingerprint density at radius 3 is 2.77 bits per heavy atom. The van der Waals surface area contributed by atoms with E-state index in [9.17, 15) is 9.90 Å². The zero-order chi connectivity index (χ0) is 23.0. The zero-order valence-corrected chi connectivity index (χ0v) is 20.0. The summed E-state index contributed by atoms with van der Waals surface area (Å²) < 4.78 is 17.7. The molecular weight excluding hydrogens is 416 g/mol. The minimum Gasteiger partial charge on any atom is -0.465 e. The highest BCUT2D eigenvalue weighted by molar-refractivity contribution is 6.45. The maximum absolute atomic E-state index is 13.2. The van der Waals surface area contributed by atoms with Gasteiger partial charge in [0.2, 0.25) is 5.78 Å². The lowest BCUT2D eigenvalue weighted by molar-refractivity contribution is -0.243. The number of carbonyl (C=O) groups excluding carboxylic acids is 1. The van der Waals surface area contributed by atoms with Crippen molar-refractivity contribution in [2.24, 2.45) is 11.8 Å². The van der Waals surface area contributed by atoms with Crippen LogP contribution in [0.1, 0.15) is 53.9 Å². The van der Waals surface area contributed by atoms with Gasteiger partial charge in [-0.3, -0.25) is 4.79 Å². The van der Waals surface area contributed by atoms with Crippen molar-refractivity contribution in [3.8, 4) is 0 Å². The van der Waals surface area contributed by atoms with E-state index in [1.165, 1.54) is 7.11 Å². The molecule has 2 heterocycles. The number of allylic oxidation sites excluding steroid dienone is 6. The maximum atomic E-state index is 13.2. The van der Waals surface area contributed by atoms with Gasteiger partial charge < -0.3 is 19.3 Å². The summed E-state index contributed by atoms with van der Waals surface area (Å²) in [5.74, 6) is -0.493. The molecule has 3 unspecified atom stereocenters. The third-order valence-corrected chi connectivity index (χ3v) is 6.82. The molecule has 5 atom stereocenters. The first-order valence-electron chi connectivity index (χ1n) is 10.9. The fourth-order valence-electron chi connectivity index (χ4n) is 4.58. The molecule has 0 amide bonds. The number of carbonyl (C=O) groups is 1. The van der Waals surface area contributed by atoms with E-state index in [0.717, 1.165) is 17.6 Å². The Labute approximate surface area is 190 Å². The van der Waals surface area contributed by atoms with Gasteiger partial charge in [0.1, 0.15) is 11.4 Å². The summed E-state index contributed by atoms with van der Waals surface area (Å²) in [4.78, 5) is 13.2. The molecule has 6 heteroatoms. The number of hydrogen-bond donors (Lipinski definition) is 1. The Morgan fingerprint density at radius 1 is 1.45 bits per heavy atom. The lowest BCUT2D eigenvalue weighted by Gasteiger charge is -2.37. The van der Waals surface area contributed by atoms with Crippen molar-refractivity contribution in [3.63, 3.8) is 0 Å². The molecule has 31 heavy (non-hydrogen) atoms. The number of aliphatic hydroxyl groups excluding tert-OH is 1. The fraction of sp³-hybridized carbons (Fsp3) is 0.560. The van der Waals surface area contributed by atoms with Crippen LogP contribution in [0.2, 0.25) is 0 Å². The number of ether oxygens (including phenoxy) is 3. The van der Waals surface area contributed by atoms with Crippen molar-refractivity contribution in [2.75, 3.05) is 7.11 Å². The molecule has 0 radical (unpaired) electrons. The van der Waals surface area contributed by atoms with Crippen LogP contribution in [0.5, 0.6) is 0 Å². The molecule has 1 aliphatic carbocycles. The van der Waals surface area contributed by atoms with Gasteiger partial charge in [0.05, 0.1) is 17.4 Å². The van der Waals surface area contributed by atoms with E-state index >= 15 is 0 Å². The van der Waals surface area contributed by atoms with Crippen LogP contribution in [-0.4, -0.2) is 35.5 Å². The van der Waals surface area contributed by atoms with Gasteiger partial charge in [0.25, 0.3) is 0 Å². The van der Waals surface area contributed by atoms with E-state index in [1.807, 2.05) is 18.2 Å². The summed E-state index contributed by atoms with van der Waals surface area (Å²) >= 11 is 6.54. The van der Waals surface area contributed by atoms with Gasteiger partial charge in [-0.2, -0.15) is 0 Å². The van der Waals surface area contributed by atoms with E-state index in [-0.39, 0.29) is 23.2 Å². The van der Waals surface area contributed by atoms with Crippen LogP contribution in [0.3, 0.4) is 0 Å². The second-order valence-corrected chi connectivity index (χ2v) is 9.44. The van der Waals surface area contributed by atoms with Crippen LogP contribution in [0, 0.1) is 11.8 Å². The van der Waals surface area contributed by atoms with E-state index in [1.54, 1.807) is 20.1 Å². The van der Waals surface area contributed by atoms with Crippen LogP contribution in [0.4, 0.5) is 0 Å². The van der Waals surface area contributed by atoms with Crippen LogP contribution >= 0.6 is 11.6 Å². The lowest BCUT2D eigenvalue weighted by Crippen LogP contribution is -2.47. The maximum Gasteiger partial charge on any atom is 0.207 e. The molecule has 1 fully saturated rings. The Morgan fingerprint density at radius 2 is 2.16 bits per heavy atom. The first kappa shape index (κ1) is 24.0. The number of ketones is 1. The predicted molar refractivity (Wildman–Crippen MR) is 121 cm³/mol. The molecule has 5 nitrogen and oxygen atoms in total. The fourth-order valence-corrected chi connectivity index (χ4v) is 4.93. The largest absolute Gasteiger partial charge is 0.465 e. The average molecular weight is 449 g/mol. The summed E-state index contributed by atoms with van der Waals surface area (Å²) in [6, 6.07) is 0. The normalized spacial score (nSPS) is 33.0. The third kappa shape index (κ3) is 4.61. The molecule has 3 rings (SSSR count).